The molecule has 1 aromatic heterocycles. The number of alkyl halides is 3. The lowest BCUT2D eigenvalue weighted by molar-refractivity contribution is -0.106. The monoisotopic (exact) mass is 548 g/mol. The summed E-state index contributed by atoms with van der Waals surface area (Å²) in [5, 5.41) is 15.4. The maximum absolute atomic E-state index is 12.8. The number of benzene rings is 1. The molecule has 3 rings (SSSR count). The molecule has 2 atom stereocenters. The van der Waals surface area contributed by atoms with Gasteiger partial charge in [-0.1, -0.05) is 18.3 Å². The molecular formula is C21H27F3N6O4S2. The summed E-state index contributed by atoms with van der Waals surface area (Å²) in [5.74, 6) is -2.70. The average Bonchev–Trinajstić information content (AvgIpc) is 3.25. The summed E-state index contributed by atoms with van der Waals surface area (Å²) in [5.41, 5.74) is 1.45. The second-order valence-electron chi connectivity index (χ2n) is 8.36. The Hall–Kier alpha value is -2.81. The van der Waals surface area contributed by atoms with Gasteiger partial charge in [-0.15, -0.1) is 20.4 Å². The molecule has 0 amide bonds. The van der Waals surface area contributed by atoms with E-state index in [9.17, 15) is 26.4 Å². The number of carbonyl (C=O) groups excluding carboxylic acids is 1. The van der Waals surface area contributed by atoms with Crippen LogP contribution in [0.4, 0.5) is 35.4 Å². The zero-order valence-electron chi connectivity index (χ0n) is 20.2. The van der Waals surface area contributed by atoms with E-state index in [-0.39, 0.29) is 33.7 Å². The number of fused-ring (bicyclic) bond motifs is 1. The molecule has 198 valence electrons. The minimum absolute atomic E-state index is 0.00303. The zero-order valence-corrected chi connectivity index (χ0v) is 21.8. The lowest BCUT2D eigenvalue weighted by Crippen LogP contribution is -2.37. The van der Waals surface area contributed by atoms with Crippen molar-refractivity contribution in [2.75, 3.05) is 21.9 Å². The van der Waals surface area contributed by atoms with Crippen molar-refractivity contribution in [3.05, 3.63) is 22.7 Å². The molecular weight excluding hydrogens is 521 g/mol. The van der Waals surface area contributed by atoms with Crippen LogP contribution in [-0.4, -0.2) is 55.2 Å². The van der Waals surface area contributed by atoms with Gasteiger partial charge in [0.15, 0.2) is 5.75 Å². The number of esters is 1. The van der Waals surface area contributed by atoms with Crippen LogP contribution >= 0.6 is 11.3 Å². The molecule has 0 saturated heterocycles. The van der Waals surface area contributed by atoms with Crippen LogP contribution < -0.4 is 9.62 Å². The zero-order chi connectivity index (χ0) is 26.7. The van der Waals surface area contributed by atoms with Crippen LogP contribution in [0.15, 0.2) is 22.4 Å². The first-order chi connectivity index (χ1) is 16.8. The molecule has 1 aromatic carbocycles. The third-order valence-electron chi connectivity index (χ3n) is 5.55. The van der Waals surface area contributed by atoms with Gasteiger partial charge in [0.1, 0.15) is 5.69 Å². The van der Waals surface area contributed by atoms with Crippen molar-refractivity contribution in [3.8, 4) is 0 Å². The quantitative estimate of drug-likeness (QED) is 0.330. The standard InChI is InChI=1S/C21H27F3N6O4S2/c1-5-13(4)34-19(31)18-26-28-20(35-18)27-25-15-9-14-8-7-12(3)30(6-2)17(14)10-16(15)29-36(32,33)11-21(22,23)24/h9-10,12-13,29H,5-8,11H2,1-4H3. The topological polar surface area (TPSA) is 126 Å². The molecule has 10 nitrogen and oxygen atoms in total. The van der Waals surface area contributed by atoms with Gasteiger partial charge in [-0.05, 0) is 57.7 Å². The van der Waals surface area contributed by atoms with Crippen molar-refractivity contribution in [1.29, 1.82) is 0 Å². The fourth-order valence-electron chi connectivity index (χ4n) is 3.66. The highest BCUT2D eigenvalue weighted by Gasteiger charge is 2.36. The molecule has 1 aliphatic heterocycles. The Labute approximate surface area is 211 Å². The number of carbonyl (C=O) groups is 1. The molecule has 0 bridgehead atoms. The molecule has 1 N–H and O–H groups in total. The molecule has 0 radical (unpaired) electrons. The molecule has 1 aliphatic rings. The number of sulfonamides is 1. The number of ether oxygens (including phenoxy) is 1. The number of anilines is 2. The van der Waals surface area contributed by atoms with Gasteiger partial charge in [0.05, 0.1) is 11.8 Å². The van der Waals surface area contributed by atoms with E-state index in [2.05, 4.69) is 20.4 Å². The van der Waals surface area contributed by atoms with Crippen LogP contribution in [0, 0.1) is 0 Å². The van der Waals surface area contributed by atoms with Crippen molar-refractivity contribution >= 4 is 49.5 Å². The predicted octanol–water partition coefficient (Wildman–Crippen LogP) is 5.37. The lowest BCUT2D eigenvalue weighted by atomic mass is 9.95. The van der Waals surface area contributed by atoms with Crippen LogP contribution in [-0.2, 0) is 21.2 Å². The molecule has 0 spiro atoms. The van der Waals surface area contributed by atoms with Gasteiger partial charge < -0.3 is 9.64 Å². The fraction of sp³-hybridized carbons (Fsp3) is 0.571. The number of rotatable bonds is 9. The van der Waals surface area contributed by atoms with Crippen molar-refractivity contribution in [3.63, 3.8) is 0 Å². The van der Waals surface area contributed by atoms with Crippen molar-refractivity contribution in [2.24, 2.45) is 10.2 Å². The normalized spacial score (nSPS) is 17.2. The summed E-state index contributed by atoms with van der Waals surface area (Å²) in [6.07, 6.45) is -3.08. The smallest absolute Gasteiger partial charge is 0.404 e. The average molecular weight is 549 g/mol. The first-order valence-electron chi connectivity index (χ1n) is 11.3. The van der Waals surface area contributed by atoms with E-state index in [1.54, 1.807) is 13.0 Å². The van der Waals surface area contributed by atoms with E-state index in [0.29, 0.717) is 25.1 Å². The van der Waals surface area contributed by atoms with Crippen LogP contribution in [0.5, 0.6) is 0 Å². The molecule has 2 heterocycles. The number of azo groups is 1. The molecule has 0 aliphatic carbocycles. The van der Waals surface area contributed by atoms with Crippen molar-refractivity contribution < 1.29 is 31.1 Å². The fourth-order valence-corrected chi connectivity index (χ4v) is 5.21. The minimum atomic E-state index is -4.92. The molecule has 36 heavy (non-hydrogen) atoms. The number of hydrogen-bond donors (Lipinski definition) is 1. The highest BCUT2D eigenvalue weighted by molar-refractivity contribution is 7.92. The van der Waals surface area contributed by atoms with Crippen LogP contribution in [0.2, 0.25) is 0 Å². The van der Waals surface area contributed by atoms with Gasteiger partial charge in [0.25, 0.3) is 5.13 Å². The van der Waals surface area contributed by atoms with Gasteiger partial charge in [-0.3, -0.25) is 4.72 Å². The van der Waals surface area contributed by atoms with Crippen LogP contribution in [0.1, 0.15) is 55.9 Å². The van der Waals surface area contributed by atoms with E-state index in [1.165, 1.54) is 6.07 Å². The summed E-state index contributed by atoms with van der Waals surface area (Å²) in [7, 11) is -4.77. The molecule has 15 heteroatoms. The van der Waals surface area contributed by atoms with E-state index < -0.39 is 27.9 Å². The number of hydrogen-bond acceptors (Lipinski definition) is 10. The Kier molecular flexibility index (Phi) is 8.54. The summed E-state index contributed by atoms with van der Waals surface area (Å²) >= 11 is 0.820. The van der Waals surface area contributed by atoms with Crippen molar-refractivity contribution in [2.45, 2.75) is 65.3 Å². The highest BCUT2D eigenvalue weighted by atomic mass is 32.2. The van der Waals surface area contributed by atoms with E-state index >= 15 is 0 Å². The maximum atomic E-state index is 12.8. The van der Waals surface area contributed by atoms with Gasteiger partial charge in [-0.25, -0.2) is 13.2 Å². The van der Waals surface area contributed by atoms with E-state index in [1.807, 2.05) is 30.4 Å². The van der Waals surface area contributed by atoms with Gasteiger partial charge in [-0.2, -0.15) is 13.2 Å². The Morgan fingerprint density at radius 2 is 2.03 bits per heavy atom. The summed E-state index contributed by atoms with van der Waals surface area (Å²) in [4.78, 5) is 14.2. The van der Waals surface area contributed by atoms with Gasteiger partial charge in [0, 0.05) is 18.3 Å². The Bertz CT molecular complexity index is 1230. The SMILES string of the molecule is CCC(C)OC(=O)c1nnc(N=Nc2cc3c(cc2NS(=O)(=O)CC(F)(F)F)N(CC)C(C)CC3)s1. The second-order valence-corrected chi connectivity index (χ2v) is 11.0. The second kappa shape index (κ2) is 11.1. The number of aromatic nitrogens is 2. The Morgan fingerprint density at radius 1 is 1.31 bits per heavy atom. The first-order valence-corrected chi connectivity index (χ1v) is 13.8. The third kappa shape index (κ3) is 7.12. The summed E-state index contributed by atoms with van der Waals surface area (Å²) in [6, 6.07) is 3.24. The molecule has 2 aromatic rings. The first kappa shape index (κ1) is 27.8. The number of halogens is 3. The largest absolute Gasteiger partial charge is 0.457 e. The third-order valence-corrected chi connectivity index (χ3v) is 7.57. The Balaban J connectivity index is 1.96. The molecule has 0 fully saturated rings. The maximum Gasteiger partial charge on any atom is 0.404 e. The van der Waals surface area contributed by atoms with Crippen LogP contribution in [0.25, 0.3) is 0 Å². The van der Waals surface area contributed by atoms with E-state index in [0.717, 1.165) is 23.3 Å². The lowest BCUT2D eigenvalue weighted by Gasteiger charge is -2.36. The predicted molar refractivity (Wildman–Crippen MR) is 130 cm³/mol. The highest BCUT2D eigenvalue weighted by Crippen LogP contribution is 2.40. The summed E-state index contributed by atoms with van der Waals surface area (Å²) in [6.45, 7) is 8.18. The van der Waals surface area contributed by atoms with Gasteiger partial charge >= 0.3 is 12.1 Å². The number of aryl methyl sites for hydroxylation is 1. The van der Waals surface area contributed by atoms with Crippen molar-refractivity contribution in [1.82, 2.24) is 10.2 Å². The van der Waals surface area contributed by atoms with E-state index in [4.69, 9.17) is 4.74 Å². The number of nitrogens with one attached hydrogen (secondary N) is 1. The molecule has 0 saturated carbocycles. The minimum Gasteiger partial charge on any atom is -0.457 e. The molecule has 2 unspecified atom stereocenters. The summed E-state index contributed by atoms with van der Waals surface area (Å²) < 4.78 is 70.1. The Morgan fingerprint density at radius 3 is 2.67 bits per heavy atom. The van der Waals surface area contributed by atoms with Gasteiger partial charge in [0.2, 0.25) is 15.0 Å². The number of nitrogens with zero attached hydrogens (tertiary/aromatic N) is 5. The van der Waals surface area contributed by atoms with Crippen LogP contribution in [0.3, 0.4) is 0 Å².